The van der Waals surface area contributed by atoms with E-state index in [9.17, 15) is 0 Å². The van der Waals surface area contributed by atoms with Crippen molar-refractivity contribution in [3.63, 3.8) is 0 Å². The Morgan fingerprint density at radius 1 is 1.09 bits per heavy atom. The Bertz CT molecular complexity index is 689. The third-order valence-corrected chi connectivity index (χ3v) is 4.40. The molecule has 2 nitrogen and oxygen atoms in total. The van der Waals surface area contributed by atoms with Crippen LogP contribution in [0.2, 0.25) is 5.02 Å². The minimum Gasteiger partial charge on any atom is -0.149 e. The van der Waals surface area contributed by atoms with Crippen LogP contribution in [0.3, 0.4) is 0 Å². The highest BCUT2D eigenvalue weighted by Gasteiger charge is 2.07. The van der Waals surface area contributed by atoms with E-state index in [2.05, 4.69) is 44.9 Å². The highest BCUT2D eigenvalue weighted by molar-refractivity contribution is 9.10. The van der Waals surface area contributed by atoms with Gasteiger partial charge in [0.2, 0.25) is 0 Å². The van der Waals surface area contributed by atoms with E-state index in [0.29, 0.717) is 10.7 Å². The molecule has 0 N–H and O–H groups in total. The Morgan fingerprint density at radius 3 is 2.68 bits per heavy atom. The normalized spacial score (nSPS) is 10.5. The van der Waals surface area contributed by atoms with Gasteiger partial charge in [0.15, 0.2) is 5.69 Å². The Kier molecular flexibility index (Phi) is 7.15. The average molecular weight is 380 g/mol. The molecular formula is C18H20BrClN2. The second-order valence-electron chi connectivity index (χ2n) is 5.34. The molecule has 1 aromatic heterocycles. The van der Waals surface area contributed by atoms with Crippen LogP contribution in [0.25, 0.3) is 10.9 Å². The van der Waals surface area contributed by atoms with Crippen LogP contribution < -0.4 is 0 Å². The van der Waals surface area contributed by atoms with Gasteiger partial charge >= 0.3 is 0 Å². The Balaban J connectivity index is 1.95. The summed E-state index contributed by atoms with van der Waals surface area (Å²) in [7, 11) is 0. The van der Waals surface area contributed by atoms with E-state index in [1.165, 1.54) is 32.1 Å². The molecule has 0 radical (unpaired) electrons. The van der Waals surface area contributed by atoms with Gasteiger partial charge in [0.25, 0.3) is 0 Å². The lowest BCUT2D eigenvalue weighted by molar-refractivity contribution is 0.614. The van der Waals surface area contributed by atoms with Gasteiger partial charge in [-0.2, -0.15) is 0 Å². The average Bonchev–Trinajstić information content (AvgIpc) is 2.52. The fourth-order valence-electron chi connectivity index (χ4n) is 2.27. The predicted octanol–water partition coefficient (Wildman–Crippen LogP) is 6.15. The first-order valence-electron chi connectivity index (χ1n) is 7.82. The summed E-state index contributed by atoms with van der Waals surface area (Å²) in [5, 5.41) is 9.77. The van der Waals surface area contributed by atoms with Crippen molar-refractivity contribution in [2.24, 2.45) is 0 Å². The number of halogens is 2. The van der Waals surface area contributed by atoms with Gasteiger partial charge in [-0.15, -0.1) is 10.2 Å². The van der Waals surface area contributed by atoms with Crippen molar-refractivity contribution in [2.45, 2.75) is 51.9 Å². The topological polar surface area (TPSA) is 25.8 Å². The zero-order chi connectivity index (χ0) is 15.8. The molecule has 116 valence electrons. The molecule has 0 fully saturated rings. The first kappa shape index (κ1) is 17.2. The fourth-order valence-corrected chi connectivity index (χ4v) is 2.86. The molecule has 2 rings (SSSR count). The van der Waals surface area contributed by atoms with E-state index < -0.39 is 0 Å². The maximum Gasteiger partial charge on any atom is 0.155 e. The third kappa shape index (κ3) is 4.97. The van der Waals surface area contributed by atoms with Crippen molar-refractivity contribution in [3.8, 4) is 11.8 Å². The maximum atomic E-state index is 6.39. The number of fused-ring (bicyclic) bond motifs is 1. The van der Waals surface area contributed by atoms with Crippen LogP contribution in [-0.2, 0) is 0 Å². The van der Waals surface area contributed by atoms with Gasteiger partial charge < -0.3 is 0 Å². The van der Waals surface area contributed by atoms with Gasteiger partial charge in [0, 0.05) is 16.3 Å². The van der Waals surface area contributed by atoms with Crippen LogP contribution in [0.5, 0.6) is 0 Å². The Hall–Kier alpha value is -1.11. The molecule has 0 aliphatic rings. The number of benzene rings is 1. The van der Waals surface area contributed by atoms with Crippen molar-refractivity contribution >= 4 is 38.4 Å². The first-order chi connectivity index (χ1) is 10.7. The van der Waals surface area contributed by atoms with Gasteiger partial charge in [-0.05, 0) is 30.5 Å². The van der Waals surface area contributed by atoms with Crippen molar-refractivity contribution in [3.05, 3.63) is 33.4 Å². The number of hydrogen-bond donors (Lipinski definition) is 0. The standard InChI is InChI=1S/C18H20BrClN2/c1-2-3-4-5-6-7-8-9-10-17-18(20)15-13-14(19)11-12-16(15)21-22-17/h11-13H,2-8H2,1H3. The molecule has 0 aliphatic carbocycles. The summed E-state index contributed by atoms with van der Waals surface area (Å²) in [5.41, 5.74) is 1.35. The van der Waals surface area contributed by atoms with Crippen molar-refractivity contribution in [1.82, 2.24) is 10.2 Å². The van der Waals surface area contributed by atoms with Crippen LogP contribution in [0, 0.1) is 11.8 Å². The van der Waals surface area contributed by atoms with Gasteiger partial charge in [0.05, 0.1) is 10.5 Å². The summed E-state index contributed by atoms with van der Waals surface area (Å²) >= 11 is 9.83. The monoisotopic (exact) mass is 378 g/mol. The number of unbranched alkanes of at least 4 members (excludes halogenated alkanes) is 6. The van der Waals surface area contributed by atoms with E-state index in [1.54, 1.807) is 0 Å². The molecule has 0 spiro atoms. The third-order valence-electron chi connectivity index (χ3n) is 3.52. The lowest BCUT2D eigenvalue weighted by Crippen LogP contribution is -1.91. The molecule has 2 aromatic rings. The van der Waals surface area contributed by atoms with E-state index >= 15 is 0 Å². The summed E-state index contributed by atoms with van der Waals surface area (Å²) < 4.78 is 0.973. The number of nitrogens with zero attached hydrogens (tertiary/aromatic N) is 2. The summed E-state index contributed by atoms with van der Waals surface area (Å²) in [6.07, 6.45) is 8.54. The first-order valence-corrected chi connectivity index (χ1v) is 8.99. The molecule has 4 heteroatoms. The van der Waals surface area contributed by atoms with E-state index in [-0.39, 0.29) is 0 Å². The van der Waals surface area contributed by atoms with Gasteiger partial charge in [-0.25, -0.2) is 0 Å². The zero-order valence-corrected chi connectivity index (χ0v) is 15.2. The van der Waals surface area contributed by atoms with Crippen LogP contribution in [0.4, 0.5) is 0 Å². The smallest absolute Gasteiger partial charge is 0.149 e. The largest absolute Gasteiger partial charge is 0.155 e. The molecule has 1 aromatic carbocycles. The van der Waals surface area contributed by atoms with Crippen molar-refractivity contribution < 1.29 is 0 Å². The number of hydrogen-bond acceptors (Lipinski definition) is 2. The molecule has 22 heavy (non-hydrogen) atoms. The summed E-state index contributed by atoms with van der Waals surface area (Å²) in [6, 6.07) is 5.77. The molecule has 0 amide bonds. The molecule has 0 bridgehead atoms. The predicted molar refractivity (Wildman–Crippen MR) is 97.1 cm³/mol. The minimum absolute atomic E-state index is 0.568. The van der Waals surface area contributed by atoms with E-state index in [0.717, 1.165) is 28.2 Å². The molecular weight excluding hydrogens is 360 g/mol. The quantitative estimate of drug-likeness (QED) is 0.444. The molecule has 0 unspecified atom stereocenters. The van der Waals surface area contributed by atoms with Gasteiger partial charge in [0.1, 0.15) is 0 Å². The lowest BCUT2D eigenvalue weighted by atomic mass is 10.1. The second-order valence-corrected chi connectivity index (χ2v) is 6.64. The Labute approximate surface area is 145 Å². The summed E-state index contributed by atoms with van der Waals surface area (Å²) in [5.74, 6) is 6.22. The highest BCUT2D eigenvalue weighted by Crippen LogP contribution is 2.26. The second kappa shape index (κ2) is 9.12. The van der Waals surface area contributed by atoms with Crippen LogP contribution in [-0.4, -0.2) is 10.2 Å². The molecule has 0 saturated carbocycles. The van der Waals surface area contributed by atoms with Crippen molar-refractivity contribution in [2.75, 3.05) is 0 Å². The summed E-state index contributed by atoms with van der Waals surface area (Å²) in [6.45, 7) is 2.23. The molecule has 0 aliphatic heterocycles. The van der Waals surface area contributed by atoms with E-state index in [4.69, 9.17) is 11.6 Å². The number of rotatable bonds is 6. The van der Waals surface area contributed by atoms with Gasteiger partial charge in [-0.3, -0.25) is 0 Å². The van der Waals surface area contributed by atoms with Crippen molar-refractivity contribution in [1.29, 1.82) is 0 Å². The fraction of sp³-hybridized carbons (Fsp3) is 0.444. The van der Waals surface area contributed by atoms with Gasteiger partial charge in [-0.1, -0.05) is 72.5 Å². The van der Waals surface area contributed by atoms with E-state index in [1.807, 2.05) is 18.2 Å². The number of aromatic nitrogens is 2. The zero-order valence-electron chi connectivity index (χ0n) is 12.8. The highest BCUT2D eigenvalue weighted by atomic mass is 79.9. The minimum atomic E-state index is 0.568. The summed E-state index contributed by atoms with van der Waals surface area (Å²) in [4.78, 5) is 0. The van der Waals surface area contributed by atoms with Crippen LogP contribution in [0.1, 0.15) is 57.6 Å². The van der Waals surface area contributed by atoms with Crippen LogP contribution in [0.15, 0.2) is 22.7 Å². The Morgan fingerprint density at radius 2 is 1.86 bits per heavy atom. The molecule has 0 saturated heterocycles. The SMILES string of the molecule is CCCCCCCCC#Cc1nnc2ccc(Br)cc2c1Cl. The van der Waals surface area contributed by atoms with Crippen LogP contribution >= 0.6 is 27.5 Å². The molecule has 0 atom stereocenters. The molecule has 1 heterocycles. The lowest BCUT2D eigenvalue weighted by Gasteiger charge is -2.01. The maximum absolute atomic E-state index is 6.39.